The number of aromatic nitrogens is 3. The molecule has 0 spiro atoms. The zero-order valence-electron chi connectivity index (χ0n) is 9.97. The van der Waals surface area contributed by atoms with E-state index in [1.54, 1.807) is 13.1 Å². The molecule has 1 aromatic heterocycles. The highest BCUT2D eigenvalue weighted by atomic mass is 32.2. The van der Waals surface area contributed by atoms with Gasteiger partial charge in [-0.3, -0.25) is 4.79 Å². The van der Waals surface area contributed by atoms with Gasteiger partial charge in [-0.05, 0) is 19.6 Å². The topological polar surface area (TPSA) is 60.1 Å². The molecule has 0 bridgehead atoms. The Bertz CT molecular complexity index is 441. The maximum atomic E-state index is 12.1. The maximum Gasteiger partial charge on any atom is 0.297 e. The van der Waals surface area contributed by atoms with Gasteiger partial charge in [-0.25, -0.2) is 0 Å². The van der Waals surface area contributed by atoms with E-state index < -0.39 is 0 Å². The van der Waals surface area contributed by atoms with Crippen LogP contribution in [0.4, 0.5) is 0 Å². The van der Waals surface area contributed by atoms with E-state index in [4.69, 9.17) is 0 Å². The van der Waals surface area contributed by atoms with Gasteiger partial charge < -0.3 is 0 Å². The van der Waals surface area contributed by atoms with E-state index in [1.807, 2.05) is 20.1 Å². The molecule has 0 radical (unpaired) electrons. The first kappa shape index (κ1) is 12.9. The Morgan fingerprint density at radius 1 is 1.56 bits per heavy atom. The summed E-state index contributed by atoms with van der Waals surface area (Å²) in [5.41, 5.74) is 0.303. The molecule has 16 heavy (non-hydrogen) atoms. The molecule has 0 saturated heterocycles. The van der Waals surface area contributed by atoms with Crippen molar-refractivity contribution >= 4 is 18.0 Å². The highest BCUT2D eigenvalue weighted by molar-refractivity contribution is 7.98. The number of hydrogen-bond acceptors (Lipinski definition) is 5. The van der Waals surface area contributed by atoms with Crippen LogP contribution < -0.4 is 5.56 Å². The van der Waals surface area contributed by atoms with Crippen LogP contribution in [0.1, 0.15) is 38.8 Å². The normalized spacial score (nSPS) is 13.2. The van der Waals surface area contributed by atoms with Gasteiger partial charge in [0.1, 0.15) is 5.69 Å². The second-order valence-corrected chi connectivity index (χ2v) is 4.15. The largest absolute Gasteiger partial charge is 0.297 e. The molecule has 6 heteroatoms. The van der Waals surface area contributed by atoms with Gasteiger partial charge in [0, 0.05) is 12.1 Å². The van der Waals surface area contributed by atoms with Crippen LogP contribution in [0.15, 0.2) is 15.1 Å². The first-order valence-electron chi connectivity index (χ1n) is 5.18. The standard InChI is InChI=1S/C10H16N4OS/c1-5-7(3)8-9(15)14(11-6-2)10(16-4)13-12-8/h6-7H,5H2,1-4H3. The fraction of sp³-hybridized carbons (Fsp3) is 0.600. The van der Waals surface area contributed by atoms with Crippen LogP contribution in [0.3, 0.4) is 0 Å². The summed E-state index contributed by atoms with van der Waals surface area (Å²) in [5, 5.41) is 12.5. The Morgan fingerprint density at radius 2 is 2.25 bits per heavy atom. The number of thioether (sulfide) groups is 1. The molecule has 1 aromatic rings. The van der Waals surface area contributed by atoms with Crippen molar-refractivity contribution in [3.05, 3.63) is 16.0 Å². The van der Waals surface area contributed by atoms with Crippen molar-refractivity contribution in [1.29, 1.82) is 0 Å². The monoisotopic (exact) mass is 240 g/mol. The fourth-order valence-corrected chi connectivity index (χ4v) is 1.65. The quantitative estimate of drug-likeness (QED) is 0.594. The van der Waals surface area contributed by atoms with Gasteiger partial charge in [0.15, 0.2) is 0 Å². The number of hydrogen-bond donors (Lipinski definition) is 0. The summed E-state index contributed by atoms with van der Waals surface area (Å²) in [6, 6.07) is 0. The summed E-state index contributed by atoms with van der Waals surface area (Å²) in [6.07, 6.45) is 4.27. The van der Waals surface area contributed by atoms with Crippen LogP contribution in [0.2, 0.25) is 0 Å². The average molecular weight is 240 g/mol. The smallest absolute Gasteiger partial charge is 0.265 e. The molecule has 1 atom stereocenters. The minimum atomic E-state index is -0.174. The van der Waals surface area contributed by atoms with E-state index in [-0.39, 0.29) is 11.5 Å². The van der Waals surface area contributed by atoms with Crippen molar-refractivity contribution in [3.8, 4) is 0 Å². The van der Waals surface area contributed by atoms with Gasteiger partial charge >= 0.3 is 0 Å². The molecule has 0 amide bonds. The molecular formula is C10H16N4OS. The van der Waals surface area contributed by atoms with Gasteiger partial charge in [0.05, 0.1) is 0 Å². The van der Waals surface area contributed by atoms with E-state index in [0.29, 0.717) is 10.9 Å². The predicted octanol–water partition coefficient (Wildman–Crippen LogP) is 1.73. The van der Waals surface area contributed by atoms with Crippen molar-refractivity contribution in [2.75, 3.05) is 6.26 Å². The summed E-state index contributed by atoms with van der Waals surface area (Å²) in [4.78, 5) is 12.1. The van der Waals surface area contributed by atoms with E-state index >= 15 is 0 Å². The number of rotatable bonds is 4. The highest BCUT2D eigenvalue weighted by Crippen LogP contribution is 2.14. The minimum Gasteiger partial charge on any atom is -0.265 e. The van der Waals surface area contributed by atoms with Gasteiger partial charge in [-0.1, -0.05) is 25.6 Å². The molecular weight excluding hydrogens is 224 g/mol. The Hall–Kier alpha value is -1.17. The second kappa shape index (κ2) is 5.79. The molecule has 88 valence electrons. The molecule has 0 aliphatic carbocycles. The van der Waals surface area contributed by atoms with E-state index in [2.05, 4.69) is 15.3 Å². The van der Waals surface area contributed by atoms with E-state index in [0.717, 1.165) is 6.42 Å². The molecule has 5 nitrogen and oxygen atoms in total. The van der Waals surface area contributed by atoms with Gasteiger partial charge in [-0.2, -0.15) is 9.78 Å². The Kier molecular flexibility index (Phi) is 4.67. The summed E-state index contributed by atoms with van der Waals surface area (Å²) < 4.78 is 1.30. The van der Waals surface area contributed by atoms with E-state index in [9.17, 15) is 4.79 Å². The lowest BCUT2D eigenvalue weighted by molar-refractivity contribution is 0.583. The molecule has 1 heterocycles. The lowest BCUT2D eigenvalue weighted by atomic mass is 10.1. The number of nitrogens with zero attached hydrogens (tertiary/aromatic N) is 4. The van der Waals surface area contributed by atoms with Crippen molar-refractivity contribution < 1.29 is 0 Å². The van der Waals surface area contributed by atoms with Gasteiger partial charge in [-0.15, -0.1) is 10.2 Å². The summed E-state index contributed by atoms with van der Waals surface area (Å²) in [5.74, 6) is 0.106. The summed E-state index contributed by atoms with van der Waals surface area (Å²) >= 11 is 1.35. The SMILES string of the molecule is CC=Nn1c(SC)nnc(C(C)CC)c1=O. The molecule has 0 fully saturated rings. The maximum absolute atomic E-state index is 12.1. The predicted molar refractivity (Wildman–Crippen MR) is 66.3 cm³/mol. The third kappa shape index (κ3) is 2.49. The first-order chi connectivity index (χ1) is 7.65. The van der Waals surface area contributed by atoms with Gasteiger partial charge in [0.2, 0.25) is 5.16 Å². The van der Waals surface area contributed by atoms with Crippen LogP contribution >= 0.6 is 11.8 Å². The zero-order chi connectivity index (χ0) is 12.1. The van der Waals surface area contributed by atoms with Crippen LogP contribution in [-0.2, 0) is 0 Å². The highest BCUT2D eigenvalue weighted by Gasteiger charge is 2.15. The third-order valence-electron chi connectivity index (χ3n) is 2.33. The lowest BCUT2D eigenvalue weighted by Gasteiger charge is -2.09. The van der Waals surface area contributed by atoms with Crippen LogP contribution in [0.5, 0.6) is 0 Å². The van der Waals surface area contributed by atoms with Crippen molar-refractivity contribution in [3.63, 3.8) is 0 Å². The molecule has 0 aliphatic rings. The van der Waals surface area contributed by atoms with Crippen LogP contribution in [0.25, 0.3) is 0 Å². The van der Waals surface area contributed by atoms with E-state index in [1.165, 1.54) is 16.4 Å². The second-order valence-electron chi connectivity index (χ2n) is 3.37. The summed E-state index contributed by atoms with van der Waals surface area (Å²) in [7, 11) is 0. The molecule has 0 aromatic carbocycles. The lowest BCUT2D eigenvalue weighted by Crippen LogP contribution is -2.26. The Balaban J connectivity index is 3.37. The molecule has 1 rings (SSSR count). The third-order valence-corrected chi connectivity index (χ3v) is 2.95. The zero-order valence-corrected chi connectivity index (χ0v) is 10.8. The molecule has 0 saturated carbocycles. The van der Waals surface area contributed by atoms with Crippen molar-refractivity contribution in [2.24, 2.45) is 5.10 Å². The Morgan fingerprint density at radius 3 is 2.75 bits per heavy atom. The molecule has 0 N–H and O–H groups in total. The van der Waals surface area contributed by atoms with Crippen molar-refractivity contribution in [1.82, 2.24) is 14.9 Å². The van der Waals surface area contributed by atoms with Crippen molar-refractivity contribution in [2.45, 2.75) is 38.3 Å². The van der Waals surface area contributed by atoms with Crippen LogP contribution in [0, 0.1) is 0 Å². The first-order valence-corrected chi connectivity index (χ1v) is 6.40. The summed E-state index contributed by atoms with van der Waals surface area (Å²) in [6.45, 7) is 5.74. The van der Waals surface area contributed by atoms with Crippen LogP contribution in [-0.4, -0.2) is 27.3 Å². The Labute approximate surface area is 99.0 Å². The fourth-order valence-electron chi connectivity index (χ4n) is 1.22. The minimum absolute atomic E-state index is 0.106. The van der Waals surface area contributed by atoms with Gasteiger partial charge in [0.25, 0.3) is 5.56 Å². The molecule has 0 aliphatic heterocycles. The average Bonchev–Trinajstić information content (AvgIpc) is 2.31. The molecule has 1 unspecified atom stereocenters.